The van der Waals surface area contributed by atoms with Gasteiger partial charge in [-0.2, -0.15) is 26.3 Å². The molecule has 0 radical (unpaired) electrons. The molecule has 0 spiro atoms. The summed E-state index contributed by atoms with van der Waals surface area (Å²) in [6.45, 7) is 3.02. The first-order valence-corrected chi connectivity index (χ1v) is 21.2. The van der Waals surface area contributed by atoms with Gasteiger partial charge in [0.15, 0.2) is 0 Å². The number of rotatable bonds is 18. The standard InChI is InChI=1S/C28H34F3N3O4.C15H19F3N2O.C2H5BO.2CH4.H2/c1-32-24(14-15-25(35)38-20-22-11-6-3-7-12-22)26(36)34-17-8-13-23(34)19-33(27(37)28(29,30)31)18-16-21-9-4-2-5-10-21;16-15(17,18)14(21)20(11-13-7-4-9-19-13)10-8-12-5-2-1-3-6-12;1-2-3-4;;;/h2-7,9-12,23-24,32H,8,13-20H2,1H3;1-3,5-6,13,19H,4,7-11H2;2H2,1H3;2*1H4;1H/t23-,24-;13-;;;;/m00..../s1. The van der Waals surface area contributed by atoms with Gasteiger partial charge in [-0.15, -0.1) is 0 Å². The van der Waals surface area contributed by atoms with Gasteiger partial charge in [0.05, 0.1) is 6.04 Å². The molecule has 3 aromatic carbocycles. The number of hydrogen-bond acceptors (Lipinski definition) is 8. The van der Waals surface area contributed by atoms with Crippen molar-refractivity contribution in [3.05, 3.63) is 108 Å². The zero-order chi connectivity index (χ0) is 46.3. The van der Waals surface area contributed by atoms with Crippen LogP contribution in [0, 0.1) is 0 Å². The number of carbonyl (C=O) groups is 4. The summed E-state index contributed by atoms with van der Waals surface area (Å²) < 4.78 is 92.6. The SMILES string of the molecule is C.C.CCB=O.CN[C@@H](CCC(=O)OCc1ccccc1)C(=O)N1CCC[C@H]1CN(CCc1ccccc1)C(=O)C(F)(F)F.O=C(N(CCc1ccccc1)C[C@@H]1CCCN1)C(F)(F)F.[HH]. The third-order valence-corrected chi connectivity index (χ3v) is 10.5. The Labute approximate surface area is 382 Å². The minimum Gasteiger partial charge on any atom is -0.461 e. The molecule has 18 heteroatoms. The molecule has 3 amide bonds. The average molecular weight is 924 g/mol. The van der Waals surface area contributed by atoms with Gasteiger partial charge in [-0.25, -0.2) is 0 Å². The zero-order valence-electron chi connectivity index (χ0n) is 35.8. The Morgan fingerprint density at radius 1 is 0.785 bits per heavy atom. The molecule has 0 aromatic heterocycles. The van der Waals surface area contributed by atoms with Gasteiger partial charge in [0.25, 0.3) is 0 Å². The van der Waals surface area contributed by atoms with Crippen molar-refractivity contribution in [2.75, 3.05) is 46.3 Å². The Kier molecular flexibility index (Phi) is 26.9. The van der Waals surface area contributed by atoms with Crippen LogP contribution in [0.4, 0.5) is 26.3 Å². The summed E-state index contributed by atoms with van der Waals surface area (Å²) in [6, 6.07) is 26.2. The molecule has 5 rings (SSSR count). The Morgan fingerprint density at radius 3 is 1.69 bits per heavy atom. The number of ether oxygens (including phenoxy) is 1. The number of carbonyl (C=O) groups excluding carboxylic acids is 4. The van der Waals surface area contributed by atoms with Gasteiger partial charge in [-0.05, 0) is 75.2 Å². The Hall–Kier alpha value is -5.10. The Morgan fingerprint density at radius 2 is 1.26 bits per heavy atom. The van der Waals surface area contributed by atoms with E-state index >= 15 is 0 Å². The molecule has 0 aliphatic carbocycles. The van der Waals surface area contributed by atoms with E-state index in [1.54, 1.807) is 31.3 Å². The summed E-state index contributed by atoms with van der Waals surface area (Å²) >= 11 is 0. The third-order valence-electron chi connectivity index (χ3n) is 10.5. The summed E-state index contributed by atoms with van der Waals surface area (Å²) in [6.07, 6.45) is -5.41. The van der Waals surface area contributed by atoms with Gasteiger partial charge in [0, 0.05) is 52.7 Å². The van der Waals surface area contributed by atoms with Crippen molar-refractivity contribution in [1.29, 1.82) is 0 Å². The van der Waals surface area contributed by atoms with Crippen LogP contribution in [0.5, 0.6) is 0 Å². The number of hydrogen-bond donors (Lipinski definition) is 2. The van der Waals surface area contributed by atoms with Gasteiger partial charge in [0.1, 0.15) is 6.61 Å². The van der Waals surface area contributed by atoms with Crippen LogP contribution in [-0.4, -0.2) is 122 Å². The average Bonchev–Trinajstić information content (AvgIpc) is 3.99. The Balaban J connectivity index is 0.00000128. The van der Waals surface area contributed by atoms with E-state index in [9.17, 15) is 50.2 Å². The van der Waals surface area contributed by atoms with Crippen LogP contribution >= 0.6 is 0 Å². The summed E-state index contributed by atoms with van der Waals surface area (Å²) in [4.78, 5) is 52.5. The second-order valence-corrected chi connectivity index (χ2v) is 15.2. The molecule has 2 aliphatic rings. The van der Waals surface area contributed by atoms with Crippen LogP contribution in [0.1, 0.15) is 78.4 Å². The number of halogens is 6. The number of likely N-dealkylation sites (tertiary alicyclic amines) is 1. The maximum absolute atomic E-state index is 13.4. The van der Waals surface area contributed by atoms with Crippen molar-refractivity contribution in [2.45, 2.75) is 117 Å². The molecule has 0 saturated carbocycles. The fourth-order valence-electron chi connectivity index (χ4n) is 7.14. The van der Waals surface area contributed by atoms with Crippen LogP contribution < -0.4 is 10.6 Å². The normalized spacial score (nSPS) is 15.8. The van der Waals surface area contributed by atoms with Crippen molar-refractivity contribution >= 4 is 30.8 Å². The van der Waals surface area contributed by atoms with E-state index in [4.69, 9.17) is 4.74 Å². The Bertz CT molecular complexity index is 1830. The smallest absolute Gasteiger partial charge is 0.461 e. The van der Waals surface area contributed by atoms with Gasteiger partial charge >= 0.3 is 55.2 Å². The number of alkyl halides is 6. The summed E-state index contributed by atoms with van der Waals surface area (Å²) in [5.41, 5.74) is 2.60. The van der Waals surface area contributed by atoms with Crippen LogP contribution in [0.2, 0.25) is 6.32 Å². The van der Waals surface area contributed by atoms with Crippen molar-refractivity contribution in [3.63, 3.8) is 0 Å². The van der Waals surface area contributed by atoms with Crippen LogP contribution in [0.15, 0.2) is 91.0 Å². The number of nitrogens with zero attached hydrogens (tertiary/aromatic N) is 3. The fourth-order valence-corrected chi connectivity index (χ4v) is 7.14. The molecule has 362 valence electrons. The molecule has 2 N–H and O–H groups in total. The van der Waals surface area contributed by atoms with E-state index in [0.29, 0.717) is 32.1 Å². The predicted molar refractivity (Wildman–Crippen MR) is 242 cm³/mol. The molecular formula is C47H68BF6N5O6. The molecular weight excluding hydrogens is 855 g/mol. The molecule has 0 unspecified atom stereocenters. The van der Waals surface area contributed by atoms with Gasteiger partial charge < -0.3 is 30.1 Å². The molecule has 0 bridgehead atoms. The molecule has 3 aromatic rings. The summed E-state index contributed by atoms with van der Waals surface area (Å²) in [5.74, 6) is -4.39. The number of likely N-dealkylation sites (N-methyl/N-ethyl adjacent to an activating group) is 1. The van der Waals surface area contributed by atoms with Crippen LogP contribution in [0.3, 0.4) is 0 Å². The van der Waals surface area contributed by atoms with E-state index < -0.39 is 42.2 Å². The minimum absolute atomic E-state index is 0. The van der Waals surface area contributed by atoms with Crippen LogP contribution in [-0.2, 0) is 48.1 Å². The first kappa shape index (κ1) is 57.9. The number of esters is 1. The maximum atomic E-state index is 13.4. The van der Waals surface area contributed by atoms with E-state index in [-0.39, 0.29) is 80.3 Å². The monoisotopic (exact) mass is 924 g/mol. The predicted octanol–water partition coefficient (Wildman–Crippen LogP) is 8.09. The minimum atomic E-state index is -5.00. The molecule has 2 aliphatic heterocycles. The quantitative estimate of drug-likeness (QED) is 0.0745. The largest absolute Gasteiger partial charge is 0.471 e. The topological polar surface area (TPSA) is 128 Å². The zero-order valence-corrected chi connectivity index (χ0v) is 35.8. The van der Waals surface area contributed by atoms with Crippen molar-refractivity contribution < 1.29 is 56.4 Å². The van der Waals surface area contributed by atoms with E-state index in [1.165, 1.54) is 4.90 Å². The molecule has 3 atom stereocenters. The summed E-state index contributed by atoms with van der Waals surface area (Å²) in [5, 5.41) is 6.05. The summed E-state index contributed by atoms with van der Waals surface area (Å²) in [7, 11) is 2.47. The molecule has 2 heterocycles. The number of benzene rings is 3. The number of amides is 3. The molecule has 2 fully saturated rings. The molecule has 65 heavy (non-hydrogen) atoms. The number of nitrogens with one attached hydrogen (secondary N) is 2. The van der Waals surface area contributed by atoms with Crippen LogP contribution in [0.25, 0.3) is 0 Å². The third kappa shape index (κ3) is 21.2. The van der Waals surface area contributed by atoms with Crippen molar-refractivity contribution in [2.24, 2.45) is 0 Å². The fraction of sp³-hybridized carbons (Fsp3) is 0.532. The van der Waals surface area contributed by atoms with E-state index in [1.807, 2.05) is 73.7 Å². The first-order valence-electron chi connectivity index (χ1n) is 21.2. The van der Waals surface area contributed by atoms with E-state index in [0.717, 1.165) is 53.0 Å². The molecule has 2 saturated heterocycles. The second kappa shape index (κ2) is 30.2. The van der Waals surface area contributed by atoms with E-state index in [2.05, 4.69) is 10.6 Å². The first-order chi connectivity index (χ1) is 30.1. The van der Waals surface area contributed by atoms with Gasteiger partial charge in [-0.1, -0.05) is 106 Å². The van der Waals surface area contributed by atoms with Gasteiger partial charge in [-0.3, -0.25) is 19.2 Å². The van der Waals surface area contributed by atoms with Gasteiger partial charge in [0.2, 0.25) is 5.91 Å². The second-order valence-electron chi connectivity index (χ2n) is 15.2. The van der Waals surface area contributed by atoms with Crippen molar-refractivity contribution in [3.8, 4) is 0 Å². The van der Waals surface area contributed by atoms with Crippen molar-refractivity contribution in [1.82, 2.24) is 25.3 Å². The maximum Gasteiger partial charge on any atom is 0.471 e. The molecule has 11 nitrogen and oxygen atoms in total.